The molecule has 0 saturated carbocycles. The van der Waals surface area contributed by atoms with Crippen LogP contribution in [0, 0.1) is 19.8 Å². The highest BCUT2D eigenvalue weighted by Gasteiger charge is 2.20. The van der Waals surface area contributed by atoms with Crippen molar-refractivity contribution in [1.29, 1.82) is 0 Å². The molecule has 1 N–H and O–H groups in total. The van der Waals surface area contributed by atoms with E-state index in [9.17, 15) is 5.11 Å². The fourth-order valence-electron chi connectivity index (χ4n) is 4.47. The zero-order valence-electron chi connectivity index (χ0n) is 23.1. The van der Waals surface area contributed by atoms with E-state index >= 15 is 0 Å². The van der Waals surface area contributed by atoms with Gasteiger partial charge in [0, 0.05) is 0 Å². The molecule has 2 unspecified atom stereocenters. The predicted molar refractivity (Wildman–Crippen MR) is 145 cm³/mol. The third kappa shape index (κ3) is 12.7. The van der Waals surface area contributed by atoms with Crippen molar-refractivity contribution in [2.45, 2.75) is 138 Å². The standard InChI is InChI=1S/C31H54O2/c1-8-10-12-15-25(3)16-13-22-31(7,32)23-14-17-26(4)18-20-29-21-19-27(5)28(6)30(29)33-24-11-9-2/h15,19,21,26,32H,8-14,16-18,20,22-24H2,1-7H3. The van der Waals surface area contributed by atoms with E-state index in [2.05, 4.69) is 59.8 Å². The molecule has 190 valence electrons. The molecule has 0 bridgehead atoms. The lowest BCUT2D eigenvalue weighted by atomic mass is 9.88. The molecule has 0 aliphatic rings. The molecule has 0 aromatic heterocycles. The molecule has 2 nitrogen and oxygen atoms in total. The number of benzene rings is 1. The monoisotopic (exact) mass is 458 g/mol. The van der Waals surface area contributed by atoms with Crippen molar-refractivity contribution in [3.05, 3.63) is 40.5 Å². The molecule has 0 aliphatic carbocycles. The number of hydrogen-bond donors (Lipinski definition) is 1. The molecule has 1 aromatic carbocycles. The summed E-state index contributed by atoms with van der Waals surface area (Å²) in [4.78, 5) is 0. The van der Waals surface area contributed by atoms with E-state index in [1.807, 2.05) is 6.92 Å². The van der Waals surface area contributed by atoms with Crippen molar-refractivity contribution in [3.63, 3.8) is 0 Å². The zero-order valence-corrected chi connectivity index (χ0v) is 23.1. The molecule has 2 atom stereocenters. The van der Waals surface area contributed by atoms with Gasteiger partial charge in [0.05, 0.1) is 12.2 Å². The van der Waals surface area contributed by atoms with Crippen LogP contribution in [0.5, 0.6) is 5.75 Å². The Morgan fingerprint density at radius 2 is 1.73 bits per heavy atom. The molecular weight excluding hydrogens is 404 g/mol. The van der Waals surface area contributed by atoms with E-state index < -0.39 is 5.60 Å². The number of aryl methyl sites for hydroxylation is 2. The number of ether oxygens (including phenoxy) is 1. The van der Waals surface area contributed by atoms with Gasteiger partial charge in [-0.3, -0.25) is 0 Å². The van der Waals surface area contributed by atoms with Gasteiger partial charge in [-0.15, -0.1) is 0 Å². The molecule has 33 heavy (non-hydrogen) atoms. The fraction of sp³-hybridized carbons (Fsp3) is 0.742. The van der Waals surface area contributed by atoms with Gasteiger partial charge < -0.3 is 9.84 Å². The van der Waals surface area contributed by atoms with Crippen LogP contribution in [0.2, 0.25) is 0 Å². The normalized spacial score (nSPS) is 14.8. The first-order valence-corrected chi connectivity index (χ1v) is 13.8. The van der Waals surface area contributed by atoms with Gasteiger partial charge in [-0.25, -0.2) is 0 Å². The average Bonchev–Trinajstić information content (AvgIpc) is 2.76. The number of aliphatic hydroxyl groups is 1. The molecule has 2 heteroatoms. The summed E-state index contributed by atoms with van der Waals surface area (Å²) in [6.07, 6.45) is 17.0. The number of hydrogen-bond acceptors (Lipinski definition) is 2. The van der Waals surface area contributed by atoms with E-state index in [0.717, 1.165) is 63.7 Å². The summed E-state index contributed by atoms with van der Waals surface area (Å²) < 4.78 is 6.19. The summed E-state index contributed by atoms with van der Waals surface area (Å²) >= 11 is 0. The zero-order chi connectivity index (χ0) is 24.7. The Morgan fingerprint density at radius 3 is 2.42 bits per heavy atom. The molecule has 1 rings (SSSR count). The minimum atomic E-state index is -0.530. The third-order valence-electron chi connectivity index (χ3n) is 7.16. The summed E-state index contributed by atoms with van der Waals surface area (Å²) in [6, 6.07) is 4.50. The van der Waals surface area contributed by atoms with Gasteiger partial charge in [-0.05, 0) is 102 Å². The molecule has 0 amide bonds. The fourth-order valence-corrected chi connectivity index (χ4v) is 4.47. The van der Waals surface area contributed by atoms with Crippen LogP contribution in [0.1, 0.15) is 128 Å². The van der Waals surface area contributed by atoms with Gasteiger partial charge in [0.1, 0.15) is 5.75 Å². The Labute approximate surface area is 206 Å². The van der Waals surface area contributed by atoms with Crippen LogP contribution in [-0.4, -0.2) is 17.3 Å². The topological polar surface area (TPSA) is 29.5 Å². The van der Waals surface area contributed by atoms with Gasteiger partial charge in [0.25, 0.3) is 0 Å². The van der Waals surface area contributed by atoms with Gasteiger partial charge in [0.15, 0.2) is 0 Å². The Hall–Kier alpha value is -1.28. The first kappa shape index (κ1) is 29.8. The summed E-state index contributed by atoms with van der Waals surface area (Å²) in [5, 5.41) is 10.8. The summed E-state index contributed by atoms with van der Waals surface area (Å²) in [6.45, 7) is 16.2. The first-order chi connectivity index (χ1) is 15.7. The lowest BCUT2D eigenvalue weighted by molar-refractivity contribution is 0.0365. The van der Waals surface area contributed by atoms with Gasteiger partial charge in [-0.2, -0.15) is 0 Å². The van der Waals surface area contributed by atoms with Crippen molar-refractivity contribution in [1.82, 2.24) is 0 Å². The Bertz CT molecular complexity index is 686. The molecule has 0 heterocycles. The molecule has 0 fully saturated rings. The summed E-state index contributed by atoms with van der Waals surface area (Å²) in [5.41, 5.74) is 4.92. The third-order valence-corrected chi connectivity index (χ3v) is 7.16. The highest BCUT2D eigenvalue weighted by atomic mass is 16.5. The lowest BCUT2D eigenvalue weighted by Crippen LogP contribution is -2.24. The average molecular weight is 459 g/mol. The minimum Gasteiger partial charge on any atom is -0.493 e. The highest BCUT2D eigenvalue weighted by molar-refractivity contribution is 5.45. The van der Waals surface area contributed by atoms with Gasteiger partial charge in [0.2, 0.25) is 0 Å². The van der Waals surface area contributed by atoms with Crippen LogP contribution in [0.3, 0.4) is 0 Å². The molecule has 0 aliphatic heterocycles. The number of allylic oxidation sites excluding steroid dienone is 2. The van der Waals surface area contributed by atoms with E-state index in [1.54, 1.807) is 0 Å². The van der Waals surface area contributed by atoms with Crippen LogP contribution in [0.25, 0.3) is 0 Å². The van der Waals surface area contributed by atoms with E-state index in [0.29, 0.717) is 5.92 Å². The Balaban J connectivity index is 2.40. The molecule has 0 spiro atoms. The first-order valence-electron chi connectivity index (χ1n) is 13.8. The van der Waals surface area contributed by atoms with Gasteiger partial charge >= 0.3 is 0 Å². The minimum absolute atomic E-state index is 0.530. The van der Waals surface area contributed by atoms with Crippen LogP contribution < -0.4 is 4.74 Å². The van der Waals surface area contributed by atoms with Crippen molar-refractivity contribution in [2.24, 2.45) is 5.92 Å². The van der Waals surface area contributed by atoms with E-state index in [-0.39, 0.29) is 0 Å². The second-order valence-corrected chi connectivity index (χ2v) is 10.8. The highest BCUT2D eigenvalue weighted by Crippen LogP contribution is 2.30. The van der Waals surface area contributed by atoms with Crippen LogP contribution in [0.15, 0.2) is 23.8 Å². The predicted octanol–water partition coefficient (Wildman–Crippen LogP) is 9.28. The van der Waals surface area contributed by atoms with Gasteiger partial charge in [-0.1, -0.05) is 76.7 Å². The Kier molecular flexibility index (Phi) is 14.8. The van der Waals surface area contributed by atoms with Crippen LogP contribution in [-0.2, 0) is 6.42 Å². The maximum Gasteiger partial charge on any atom is 0.125 e. The molecule has 0 radical (unpaired) electrons. The number of unbranched alkanes of at least 4 members (excludes halogenated alkanes) is 3. The SMILES string of the molecule is CCCCC=C(C)CCCC(C)(O)CCCC(C)CCc1ccc(C)c(C)c1OCCCC. The maximum atomic E-state index is 10.8. The maximum absolute atomic E-state index is 10.8. The van der Waals surface area contributed by atoms with E-state index in [1.165, 1.54) is 54.4 Å². The Morgan fingerprint density at radius 1 is 1.03 bits per heavy atom. The second kappa shape index (κ2) is 16.4. The van der Waals surface area contributed by atoms with Crippen LogP contribution >= 0.6 is 0 Å². The molecular formula is C31H54O2. The lowest BCUT2D eigenvalue weighted by Gasteiger charge is -2.24. The number of rotatable bonds is 18. The van der Waals surface area contributed by atoms with E-state index in [4.69, 9.17) is 4.74 Å². The van der Waals surface area contributed by atoms with Crippen molar-refractivity contribution in [2.75, 3.05) is 6.61 Å². The summed E-state index contributed by atoms with van der Waals surface area (Å²) in [7, 11) is 0. The largest absolute Gasteiger partial charge is 0.493 e. The summed E-state index contributed by atoms with van der Waals surface area (Å²) in [5.74, 6) is 1.78. The molecule has 0 saturated heterocycles. The van der Waals surface area contributed by atoms with Crippen molar-refractivity contribution >= 4 is 0 Å². The van der Waals surface area contributed by atoms with Crippen molar-refractivity contribution < 1.29 is 9.84 Å². The quantitative estimate of drug-likeness (QED) is 0.175. The van der Waals surface area contributed by atoms with Crippen LogP contribution in [0.4, 0.5) is 0 Å². The molecule has 1 aromatic rings. The second-order valence-electron chi connectivity index (χ2n) is 10.8. The van der Waals surface area contributed by atoms with Crippen molar-refractivity contribution in [3.8, 4) is 5.75 Å². The smallest absolute Gasteiger partial charge is 0.125 e.